The van der Waals surface area contributed by atoms with Crippen LogP contribution in [0.2, 0.25) is 5.02 Å². The van der Waals surface area contributed by atoms with Crippen LogP contribution in [-0.4, -0.2) is 0 Å². The number of hydrogen-bond acceptors (Lipinski definition) is 1. The third kappa shape index (κ3) is 1.91. The molecule has 3 aromatic carbocycles. The second kappa shape index (κ2) is 4.51. The Hall–Kier alpha value is -1.51. The first-order valence-corrected chi connectivity index (χ1v) is 7.64. The summed E-state index contributed by atoms with van der Waals surface area (Å²) in [5.41, 5.74) is 4.84. The Morgan fingerprint density at radius 3 is 2.50 bits per heavy atom. The molecular formula is C17H11BrClN. The van der Waals surface area contributed by atoms with Gasteiger partial charge < -0.3 is 5.32 Å². The predicted molar refractivity (Wildman–Crippen MR) is 89.2 cm³/mol. The van der Waals surface area contributed by atoms with Gasteiger partial charge in [-0.15, -0.1) is 0 Å². The second-order valence-corrected chi connectivity index (χ2v) is 6.36. The van der Waals surface area contributed by atoms with Gasteiger partial charge in [-0.05, 0) is 46.2 Å². The summed E-state index contributed by atoms with van der Waals surface area (Å²) in [6.07, 6.45) is 0.917. The summed E-state index contributed by atoms with van der Waals surface area (Å²) in [5.74, 6) is 0. The van der Waals surface area contributed by atoms with Crippen molar-refractivity contribution < 1.29 is 0 Å². The number of fused-ring (bicyclic) bond motifs is 3. The zero-order chi connectivity index (χ0) is 13.7. The molecule has 0 saturated heterocycles. The predicted octanol–water partition coefficient (Wildman–Crippen LogP) is 5.90. The van der Waals surface area contributed by atoms with E-state index in [0.717, 1.165) is 21.6 Å². The van der Waals surface area contributed by atoms with Gasteiger partial charge in [0, 0.05) is 27.3 Å². The van der Waals surface area contributed by atoms with Gasteiger partial charge in [0.15, 0.2) is 0 Å². The van der Waals surface area contributed by atoms with Crippen molar-refractivity contribution in [3.63, 3.8) is 0 Å². The van der Waals surface area contributed by atoms with Crippen LogP contribution in [0.5, 0.6) is 0 Å². The molecule has 4 rings (SSSR count). The molecule has 0 amide bonds. The van der Waals surface area contributed by atoms with E-state index in [1.807, 2.05) is 12.1 Å². The van der Waals surface area contributed by atoms with Gasteiger partial charge in [-0.1, -0.05) is 51.8 Å². The lowest BCUT2D eigenvalue weighted by atomic mass is 9.95. The monoisotopic (exact) mass is 343 g/mol. The summed E-state index contributed by atoms with van der Waals surface area (Å²) < 4.78 is 1.06. The van der Waals surface area contributed by atoms with Crippen LogP contribution in [-0.2, 0) is 6.42 Å². The van der Waals surface area contributed by atoms with Gasteiger partial charge in [0.2, 0.25) is 0 Å². The van der Waals surface area contributed by atoms with Crippen LogP contribution < -0.4 is 5.32 Å². The molecule has 98 valence electrons. The summed E-state index contributed by atoms with van der Waals surface area (Å²) in [4.78, 5) is 0. The van der Waals surface area contributed by atoms with Crippen LogP contribution in [0.1, 0.15) is 11.1 Å². The Morgan fingerprint density at radius 1 is 0.950 bits per heavy atom. The van der Waals surface area contributed by atoms with E-state index in [1.54, 1.807) is 0 Å². The third-order valence-corrected chi connectivity index (χ3v) is 4.69. The number of benzene rings is 3. The summed E-state index contributed by atoms with van der Waals surface area (Å²) in [6.45, 7) is 0. The minimum absolute atomic E-state index is 0.743. The van der Waals surface area contributed by atoms with Crippen molar-refractivity contribution in [3.8, 4) is 0 Å². The number of anilines is 2. The molecule has 1 aliphatic heterocycles. The minimum atomic E-state index is 0.743. The first kappa shape index (κ1) is 12.2. The van der Waals surface area contributed by atoms with Crippen molar-refractivity contribution in [2.75, 3.05) is 5.32 Å². The van der Waals surface area contributed by atoms with E-state index >= 15 is 0 Å². The third-order valence-electron chi connectivity index (χ3n) is 3.77. The first-order chi connectivity index (χ1) is 9.70. The Labute approximate surface area is 130 Å². The lowest BCUT2D eigenvalue weighted by Crippen LogP contribution is -2.07. The fraction of sp³-hybridized carbons (Fsp3) is 0.0588. The van der Waals surface area contributed by atoms with Crippen LogP contribution in [0, 0.1) is 0 Å². The molecule has 20 heavy (non-hydrogen) atoms. The van der Waals surface area contributed by atoms with Gasteiger partial charge in [0.1, 0.15) is 0 Å². The average molecular weight is 345 g/mol. The maximum absolute atomic E-state index is 6.13. The number of nitrogens with one attached hydrogen (secondary N) is 1. The Morgan fingerprint density at radius 2 is 1.70 bits per heavy atom. The van der Waals surface area contributed by atoms with Gasteiger partial charge in [-0.2, -0.15) is 0 Å². The highest BCUT2D eigenvalue weighted by Gasteiger charge is 2.18. The quantitative estimate of drug-likeness (QED) is 0.418. The SMILES string of the molecule is Clc1cc(Br)c2c(c1)Nc1cc3ccccc3cc1C2. The molecular weight excluding hydrogens is 334 g/mol. The lowest BCUT2D eigenvalue weighted by molar-refractivity contribution is 1.15. The fourth-order valence-electron chi connectivity index (χ4n) is 2.78. The summed E-state index contributed by atoms with van der Waals surface area (Å²) >= 11 is 9.74. The lowest BCUT2D eigenvalue weighted by Gasteiger charge is -2.23. The zero-order valence-electron chi connectivity index (χ0n) is 10.6. The van der Waals surface area contributed by atoms with Crippen molar-refractivity contribution in [1.82, 2.24) is 0 Å². The molecule has 0 fully saturated rings. The largest absolute Gasteiger partial charge is 0.355 e. The number of hydrogen-bond donors (Lipinski definition) is 1. The van der Waals surface area contributed by atoms with Crippen LogP contribution in [0.4, 0.5) is 11.4 Å². The average Bonchev–Trinajstić information content (AvgIpc) is 2.43. The summed E-state index contributed by atoms with van der Waals surface area (Å²) in [6, 6.07) is 16.9. The molecule has 0 radical (unpaired) electrons. The number of rotatable bonds is 0. The van der Waals surface area contributed by atoms with Crippen molar-refractivity contribution in [2.24, 2.45) is 0 Å². The van der Waals surface area contributed by atoms with E-state index in [9.17, 15) is 0 Å². The van der Waals surface area contributed by atoms with Gasteiger partial charge in [-0.25, -0.2) is 0 Å². The van der Waals surface area contributed by atoms with Crippen molar-refractivity contribution in [3.05, 3.63) is 69.2 Å². The van der Waals surface area contributed by atoms with Gasteiger partial charge in [0.05, 0.1) is 0 Å². The van der Waals surface area contributed by atoms with Crippen molar-refractivity contribution in [2.45, 2.75) is 6.42 Å². The van der Waals surface area contributed by atoms with E-state index in [-0.39, 0.29) is 0 Å². The molecule has 1 nitrogen and oxygen atoms in total. The molecule has 1 heterocycles. The van der Waals surface area contributed by atoms with E-state index in [0.29, 0.717) is 0 Å². The van der Waals surface area contributed by atoms with E-state index in [2.05, 4.69) is 57.6 Å². The Kier molecular flexibility index (Phi) is 2.76. The summed E-state index contributed by atoms with van der Waals surface area (Å²) in [5, 5.41) is 6.78. The van der Waals surface area contributed by atoms with Crippen LogP contribution in [0.3, 0.4) is 0 Å². The van der Waals surface area contributed by atoms with Crippen molar-refractivity contribution in [1.29, 1.82) is 0 Å². The molecule has 0 spiro atoms. The highest BCUT2D eigenvalue weighted by Crippen LogP contribution is 2.40. The summed E-state index contributed by atoms with van der Waals surface area (Å²) in [7, 11) is 0. The molecule has 1 aliphatic rings. The van der Waals surface area contributed by atoms with Crippen LogP contribution in [0.25, 0.3) is 10.8 Å². The molecule has 0 aliphatic carbocycles. The highest BCUT2D eigenvalue weighted by atomic mass is 79.9. The molecule has 0 bridgehead atoms. The van der Waals surface area contributed by atoms with Gasteiger partial charge >= 0.3 is 0 Å². The molecule has 3 aromatic rings. The Balaban J connectivity index is 1.91. The van der Waals surface area contributed by atoms with Crippen LogP contribution >= 0.6 is 27.5 Å². The second-order valence-electron chi connectivity index (χ2n) is 5.07. The smallest absolute Gasteiger partial charge is 0.0446 e. The first-order valence-electron chi connectivity index (χ1n) is 6.47. The molecule has 0 aromatic heterocycles. The molecule has 0 saturated carbocycles. The van der Waals surface area contributed by atoms with E-state index in [4.69, 9.17) is 11.6 Å². The molecule has 1 N–H and O–H groups in total. The standard InChI is InChI=1S/C17H11BrClN/c18-15-8-13(19)9-17-14(15)6-12-5-10-3-1-2-4-11(10)7-16(12)20-17/h1-5,7-9,20H,6H2. The molecule has 3 heteroatoms. The Bertz CT molecular complexity index is 842. The van der Waals surface area contributed by atoms with E-state index < -0.39 is 0 Å². The maximum Gasteiger partial charge on any atom is 0.0446 e. The fourth-order valence-corrected chi connectivity index (χ4v) is 3.73. The molecule has 0 atom stereocenters. The normalized spacial score (nSPS) is 12.7. The molecule has 0 unspecified atom stereocenters. The minimum Gasteiger partial charge on any atom is -0.355 e. The maximum atomic E-state index is 6.13. The van der Waals surface area contributed by atoms with Gasteiger partial charge in [0.25, 0.3) is 0 Å². The van der Waals surface area contributed by atoms with Gasteiger partial charge in [-0.3, -0.25) is 0 Å². The number of halogens is 2. The van der Waals surface area contributed by atoms with Crippen LogP contribution in [0.15, 0.2) is 53.0 Å². The topological polar surface area (TPSA) is 12.0 Å². The van der Waals surface area contributed by atoms with Crippen molar-refractivity contribution >= 4 is 49.7 Å². The van der Waals surface area contributed by atoms with E-state index in [1.165, 1.54) is 27.6 Å². The zero-order valence-corrected chi connectivity index (χ0v) is 12.9. The highest BCUT2D eigenvalue weighted by molar-refractivity contribution is 9.10.